The van der Waals surface area contributed by atoms with Crippen LogP contribution in [0, 0.1) is 13.8 Å². The van der Waals surface area contributed by atoms with E-state index in [0.717, 1.165) is 45.0 Å². The van der Waals surface area contributed by atoms with Crippen molar-refractivity contribution in [2.75, 3.05) is 32.8 Å². The lowest BCUT2D eigenvalue weighted by Gasteiger charge is -2.38. The number of rotatable bonds is 5. The minimum atomic E-state index is -0.00677. The summed E-state index contributed by atoms with van der Waals surface area (Å²) in [6, 6.07) is 6.29. The summed E-state index contributed by atoms with van der Waals surface area (Å²) in [7, 11) is 0. The highest BCUT2D eigenvalue weighted by Gasteiger charge is 2.26. The average molecular weight is 277 g/mol. The van der Waals surface area contributed by atoms with E-state index in [0.29, 0.717) is 0 Å². The van der Waals surface area contributed by atoms with Crippen molar-refractivity contribution < 1.29 is 9.47 Å². The van der Waals surface area contributed by atoms with Crippen LogP contribution in [0.3, 0.4) is 0 Å². The first kappa shape index (κ1) is 15.3. The molecule has 3 heteroatoms. The van der Waals surface area contributed by atoms with Crippen LogP contribution in [0.25, 0.3) is 0 Å². The summed E-state index contributed by atoms with van der Waals surface area (Å²) in [6.07, 6.45) is 1.06. The Morgan fingerprint density at radius 2 is 2.05 bits per heavy atom. The van der Waals surface area contributed by atoms with Crippen molar-refractivity contribution in [2.45, 2.75) is 39.7 Å². The monoisotopic (exact) mass is 277 g/mol. The van der Waals surface area contributed by atoms with E-state index >= 15 is 0 Å². The standard InChI is InChI=1S/C17H27NO2/c1-14-6-7-16(12-15(14)2)19-10-5-8-18-9-11-20-17(3,4)13-18/h6-7,12H,5,8-11,13H2,1-4H3. The van der Waals surface area contributed by atoms with Gasteiger partial charge in [-0.1, -0.05) is 6.07 Å². The smallest absolute Gasteiger partial charge is 0.119 e. The van der Waals surface area contributed by atoms with Gasteiger partial charge in [-0.2, -0.15) is 0 Å². The van der Waals surface area contributed by atoms with Crippen LogP contribution in [-0.4, -0.2) is 43.3 Å². The van der Waals surface area contributed by atoms with Gasteiger partial charge in [0.15, 0.2) is 0 Å². The van der Waals surface area contributed by atoms with Crippen LogP contribution in [0.5, 0.6) is 5.75 Å². The van der Waals surface area contributed by atoms with Crippen molar-refractivity contribution in [1.82, 2.24) is 4.90 Å². The van der Waals surface area contributed by atoms with Crippen LogP contribution >= 0.6 is 0 Å². The third-order valence-electron chi connectivity index (χ3n) is 3.87. The molecule has 112 valence electrons. The van der Waals surface area contributed by atoms with Crippen molar-refractivity contribution in [2.24, 2.45) is 0 Å². The summed E-state index contributed by atoms with van der Waals surface area (Å²) in [5, 5.41) is 0. The van der Waals surface area contributed by atoms with Gasteiger partial charge in [-0.15, -0.1) is 0 Å². The molecular formula is C17H27NO2. The van der Waals surface area contributed by atoms with E-state index in [1.807, 2.05) is 0 Å². The molecule has 0 N–H and O–H groups in total. The second kappa shape index (κ2) is 6.59. The topological polar surface area (TPSA) is 21.7 Å². The zero-order valence-corrected chi connectivity index (χ0v) is 13.2. The minimum absolute atomic E-state index is 0.00677. The molecule has 1 aliphatic rings. The largest absolute Gasteiger partial charge is 0.494 e. The van der Waals surface area contributed by atoms with Gasteiger partial charge in [0.05, 0.1) is 18.8 Å². The van der Waals surface area contributed by atoms with Gasteiger partial charge in [0.1, 0.15) is 5.75 Å². The molecule has 0 spiro atoms. The van der Waals surface area contributed by atoms with Crippen molar-refractivity contribution in [3.8, 4) is 5.75 Å². The van der Waals surface area contributed by atoms with Crippen LogP contribution < -0.4 is 4.74 Å². The first-order valence-electron chi connectivity index (χ1n) is 7.53. The molecule has 0 bridgehead atoms. The Hall–Kier alpha value is -1.06. The van der Waals surface area contributed by atoms with E-state index in [1.54, 1.807) is 0 Å². The maximum Gasteiger partial charge on any atom is 0.119 e. The lowest BCUT2D eigenvalue weighted by molar-refractivity contribution is -0.0864. The number of hydrogen-bond acceptors (Lipinski definition) is 3. The normalized spacial score (nSPS) is 19.0. The summed E-state index contributed by atoms with van der Waals surface area (Å²) >= 11 is 0. The summed E-state index contributed by atoms with van der Waals surface area (Å²) in [5.74, 6) is 0.982. The van der Waals surface area contributed by atoms with Crippen LogP contribution in [-0.2, 0) is 4.74 Å². The number of hydrogen-bond donors (Lipinski definition) is 0. The van der Waals surface area contributed by atoms with Crippen LogP contribution in [0.4, 0.5) is 0 Å². The second-order valence-electron chi connectivity index (χ2n) is 6.33. The van der Waals surface area contributed by atoms with E-state index in [9.17, 15) is 0 Å². The highest BCUT2D eigenvalue weighted by Crippen LogP contribution is 2.18. The fourth-order valence-electron chi connectivity index (χ4n) is 2.59. The summed E-state index contributed by atoms with van der Waals surface area (Å²) in [6.45, 7) is 13.3. The minimum Gasteiger partial charge on any atom is -0.494 e. The quantitative estimate of drug-likeness (QED) is 0.772. The SMILES string of the molecule is Cc1ccc(OCCCN2CCOC(C)(C)C2)cc1C. The maximum atomic E-state index is 5.83. The Morgan fingerprint density at radius 3 is 2.75 bits per heavy atom. The molecule has 0 aliphatic carbocycles. The molecule has 0 radical (unpaired) electrons. The molecule has 0 amide bonds. The average Bonchev–Trinajstić information content (AvgIpc) is 2.38. The van der Waals surface area contributed by atoms with E-state index < -0.39 is 0 Å². The predicted octanol–water partition coefficient (Wildman–Crippen LogP) is 3.18. The molecule has 1 saturated heterocycles. The van der Waals surface area contributed by atoms with Gasteiger partial charge in [-0.25, -0.2) is 0 Å². The van der Waals surface area contributed by atoms with Gasteiger partial charge in [0.2, 0.25) is 0 Å². The summed E-state index contributed by atoms with van der Waals surface area (Å²) in [4.78, 5) is 2.47. The lowest BCUT2D eigenvalue weighted by atomic mass is 10.1. The first-order chi connectivity index (χ1) is 9.46. The van der Waals surface area contributed by atoms with Crippen molar-refractivity contribution >= 4 is 0 Å². The van der Waals surface area contributed by atoms with Crippen LogP contribution in [0.1, 0.15) is 31.4 Å². The van der Waals surface area contributed by atoms with Crippen molar-refractivity contribution in [3.05, 3.63) is 29.3 Å². The van der Waals surface area contributed by atoms with Gasteiger partial charge in [-0.05, 0) is 57.4 Å². The number of nitrogens with zero attached hydrogens (tertiary/aromatic N) is 1. The lowest BCUT2D eigenvalue weighted by Crippen LogP contribution is -2.48. The highest BCUT2D eigenvalue weighted by atomic mass is 16.5. The maximum absolute atomic E-state index is 5.83. The third-order valence-corrected chi connectivity index (χ3v) is 3.87. The Morgan fingerprint density at radius 1 is 1.25 bits per heavy atom. The van der Waals surface area contributed by atoms with E-state index in [1.165, 1.54) is 11.1 Å². The molecule has 0 unspecified atom stereocenters. The predicted molar refractivity (Wildman–Crippen MR) is 82.5 cm³/mol. The van der Waals surface area contributed by atoms with Crippen LogP contribution in [0.2, 0.25) is 0 Å². The number of ether oxygens (including phenoxy) is 2. The molecule has 2 rings (SSSR count). The third kappa shape index (κ3) is 4.50. The van der Waals surface area contributed by atoms with Gasteiger partial charge in [0.25, 0.3) is 0 Å². The summed E-state index contributed by atoms with van der Waals surface area (Å²) in [5.41, 5.74) is 2.60. The van der Waals surface area contributed by atoms with Crippen molar-refractivity contribution in [3.63, 3.8) is 0 Å². The fraction of sp³-hybridized carbons (Fsp3) is 0.647. The molecule has 0 aromatic heterocycles. The van der Waals surface area contributed by atoms with Crippen LogP contribution in [0.15, 0.2) is 18.2 Å². The molecule has 1 aromatic carbocycles. The van der Waals surface area contributed by atoms with E-state index in [4.69, 9.17) is 9.47 Å². The molecule has 1 aliphatic heterocycles. The number of aryl methyl sites for hydroxylation is 2. The van der Waals surface area contributed by atoms with Gasteiger partial charge < -0.3 is 9.47 Å². The number of benzene rings is 1. The Bertz CT molecular complexity index is 443. The van der Waals surface area contributed by atoms with Gasteiger partial charge in [-0.3, -0.25) is 4.90 Å². The Balaban J connectivity index is 1.70. The van der Waals surface area contributed by atoms with E-state index in [-0.39, 0.29) is 5.60 Å². The fourth-order valence-corrected chi connectivity index (χ4v) is 2.59. The molecule has 20 heavy (non-hydrogen) atoms. The molecule has 3 nitrogen and oxygen atoms in total. The molecular weight excluding hydrogens is 250 g/mol. The first-order valence-corrected chi connectivity index (χ1v) is 7.53. The van der Waals surface area contributed by atoms with Gasteiger partial charge in [0, 0.05) is 19.6 Å². The molecule has 1 fully saturated rings. The molecule has 0 atom stereocenters. The Kier molecular flexibility index (Phi) is 5.06. The van der Waals surface area contributed by atoms with Gasteiger partial charge >= 0.3 is 0 Å². The Labute approximate surface area is 122 Å². The second-order valence-corrected chi connectivity index (χ2v) is 6.33. The number of morpholine rings is 1. The molecule has 1 heterocycles. The van der Waals surface area contributed by atoms with Crippen molar-refractivity contribution in [1.29, 1.82) is 0 Å². The molecule has 1 aromatic rings. The highest BCUT2D eigenvalue weighted by molar-refractivity contribution is 5.33. The van der Waals surface area contributed by atoms with E-state index in [2.05, 4.69) is 50.8 Å². The zero-order valence-electron chi connectivity index (χ0n) is 13.2. The summed E-state index contributed by atoms with van der Waals surface area (Å²) < 4.78 is 11.5. The zero-order chi connectivity index (χ0) is 14.6. The molecule has 0 saturated carbocycles.